The Bertz CT molecular complexity index is 295. The molecule has 1 rings (SSSR count). The molecule has 14 heavy (non-hydrogen) atoms. The summed E-state index contributed by atoms with van der Waals surface area (Å²) in [6, 6.07) is 6.92. The number of carbonyl (C=O) groups excluding carboxylic acids is 1. The van der Waals surface area contributed by atoms with E-state index < -0.39 is 0 Å². The predicted octanol–water partition coefficient (Wildman–Crippen LogP) is 2.05. The average molecular weight is 212 g/mol. The van der Waals surface area contributed by atoms with E-state index >= 15 is 0 Å². The van der Waals surface area contributed by atoms with E-state index in [0.717, 1.165) is 10.6 Å². The second-order valence-corrected chi connectivity index (χ2v) is 3.85. The van der Waals surface area contributed by atoms with Crippen LogP contribution in [0.4, 0.5) is 0 Å². The molecule has 0 aliphatic heterocycles. The summed E-state index contributed by atoms with van der Waals surface area (Å²) >= 11 is 1.58. The van der Waals surface area contributed by atoms with Crippen LogP contribution in [0, 0.1) is 0 Å². The molecule has 4 heteroatoms. The molecular formula is C10H12O3S. The molecule has 0 fully saturated rings. The fourth-order valence-corrected chi connectivity index (χ4v) is 1.62. The summed E-state index contributed by atoms with van der Waals surface area (Å²) in [4.78, 5) is 11.5. The van der Waals surface area contributed by atoms with Gasteiger partial charge in [-0.2, -0.15) is 0 Å². The maximum absolute atomic E-state index is 10.4. The fraction of sp³-hybridized carbons (Fsp3) is 0.300. The van der Waals surface area contributed by atoms with Gasteiger partial charge < -0.3 is 9.84 Å². The molecular weight excluding hydrogens is 200 g/mol. The number of aromatic hydroxyl groups is 1. The van der Waals surface area contributed by atoms with Gasteiger partial charge in [-0.1, -0.05) is 0 Å². The van der Waals surface area contributed by atoms with Gasteiger partial charge in [-0.25, -0.2) is 0 Å². The molecule has 0 aromatic heterocycles. The van der Waals surface area contributed by atoms with Crippen LogP contribution < -0.4 is 0 Å². The summed E-state index contributed by atoms with van der Waals surface area (Å²) in [5, 5.41) is 9.02. The lowest BCUT2D eigenvalue weighted by Gasteiger charge is -2.02. The first-order chi connectivity index (χ1) is 6.68. The van der Waals surface area contributed by atoms with Crippen LogP contribution in [0.3, 0.4) is 0 Å². The van der Waals surface area contributed by atoms with E-state index in [2.05, 4.69) is 0 Å². The molecule has 0 saturated heterocycles. The van der Waals surface area contributed by atoms with Crippen molar-refractivity contribution in [2.24, 2.45) is 0 Å². The lowest BCUT2D eigenvalue weighted by molar-refractivity contribution is -0.140. The summed E-state index contributed by atoms with van der Waals surface area (Å²) in [5.41, 5.74) is 0. The van der Waals surface area contributed by atoms with Gasteiger partial charge >= 0.3 is 5.97 Å². The highest BCUT2D eigenvalue weighted by atomic mass is 32.2. The number of rotatable bonds is 4. The van der Waals surface area contributed by atoms with Gasteiger partial charge in [0.1, 0.15) is 12.4 Å². The first-order valence-corrected chi connectivity index (χ1v) is 5.22. The van der Waals surface area contributed by atoms with Gasteiger partial charge in [0.2, 0.25) is 0 Å². The standard InChI is InChI=1S/C10H12O3S/c1-8(11)13-6-7-14-10-4-2-9(12)3-5-10/h2-5,12H,6-7H2,1H3. The van der Waals surface area contributed by atoms with Crippen LogP contribution in [0.15, 0.2) is 29.2 Å². The molecule has 0 aliphatic carbocycles. The van der Waals surface area contributed by atoms with Crippen molar-refractivity contribution in [2.75, 3.05) is 12.4 Å². The average Bonchev–Trinajstić information content (AvgIpc) is 2.15. The summed E-state index contributed by atoms with van der Waals surface area (Å²) in [6.45, 7) is 1.81. The number of benzene rings is 1. The van der Waals surface area contributed by atoms with Crippen molar-refractivity contribution < 1.29 is 14.6 Å². The maximum Gasteiger partial charge on any atom is 0.302 e. The second kappa shape index (κ2) is 5.54. The van der Waals surface area contributed by atoms with Crippen molar-refractivity contribution in [3.8, 4) is 5.75 Å². The predicted molar refractivity (Wildman–Crippen MR) is 55.5 cm³/mol. The highest BCUT2D eigenvalue weighted by Crippen LogP contribution is 2.20. The van der Waals surface area contributed by atoms with Crippen LogP contribution in [0.1, 0.15) is 6.92 Å². The quantitative estimate of drug-likeness (QED) is 0.471. The van der Waals surface area contributed by atoms with Gasteiger partial charge in [0.15, 0.2) is 0 Å². The molecule has 0 amide bonds. The number of phenols is 1. The SMILES string of the molecule is CC(=O)OCCSc1ccc(O)cc1. The van der Waals surface area contributed by atoms with Crippen molar-refractivity contribution in [1.82, 2.24) is 0 Å². The zero-order valence-corrected chi connectivity index (χ0v) is 8.71. The van der Waals surface area contributed by atoms with E-state index in [1.165, 1.54) is 6.92 Å². The highest BCUT2D eigenvalue weighted by Gasteiger charge is 1.96. The molecule has 0 atom stereocenters. The van der Waals surface area contributed by atoms with Gasteiger partial charge in [-0.3, -0.25) is 4.79 Å². The lowest BCUT2D eigenvalue weighted by Crippen LogP contribution is -2.02. The van der Waals surface area contributed by atoms with Crippen molar-refractivity contribution >= 4 is 17.7 Å². The van der Waals surface area contributed by atoms with Gasteiger partial charge in [-0.05, 0) is 24.3 Å². The number of ether oxygens (including phenoxy) is 1. The molecule has 76 valence electrons. The summed E-state index contributed by atoms with van der Waals surface area (Å²) in [7, 11) is 0. The van der Waals surface area contributed by atoms with Gasteiger partial charge in [-0.15, -0.1) is 11.8 Å². The van der Waals surface area contributed by atoms with Crippen LogP contribution in [0.5, 0.6) is 5.75 Å². The summed E-state index contributed by atoms with van der Waals surface area (Å²) in [6.07, 6.45) is 0. The third-order valence-electron chi connectivity index (χ3n) is 1.49. The normalized spacial score (nSPS) is 9.79. The Morgan fingerprint density at radius 3 is 2.64 bits per heavy atom. The Balaban J connectivity index is 2.25. The van der Waals surface area contributed by atoms with E-state index in [1.807, 2.05) is 12.1 Å². The minimum atomic E-state index is -0.253. The molecule has 0 unspecified atom stereocenters. The van der Waals surface area contributed by atoms with E-state index in [0.29, 0.717) is 6.61 Å². The molecule has 0 bridgehead atoms. The molecule has 1 aromatic rings. The number of carbonyl (C=O) groups is 1. The lowest BCUT2D eigenvalue weighted by atomic mass is 10.3. The minimum absolute atomic E-state index is 0.253. The summed E-state index contributed by atoms with van der Waals surface area (Å²) < 4.78 is 4.78. The third kappa shape index (κ3) is 4.18. The fourth-order valence-electron chi connectivity index (χ4n) is 0.887. The molecule has 0 spiro atoms. The Morgan fingerprint density at radius 1 is 1.43 bits per heavy atom. The topological polar surface area (TPSA) is 46.5 Å². The van der Waals surface area contributed by atoms with Crippen LogP contribution in [0.2, 0.25) is 0 Å². The first-order valence-electron chi connectivity index (χ1n) is 4.23. The monoisotopic (exact) mass is 212 g/mol. The molecule has 1 aromatic carbocycles. The third-order valence-corrected chi connectivity index (χ3v) is 2.47. The van der Waals surface area contributed by atoms with Crippen LogP contribution in [0.25, 0.3) is 0 Å². The largest absolute Gasteiger partial charge is 0.508 e. The Hall–Kier alpha value is -1.16. The maximum atomic E-state index is 10.4. The van der Waals surface area contributed by atoms with E-state index in [1.54, 1.807) is 23.9 Å². The zero-order valence-electron chi connectivity index (χ0n) is 7.90. The number of phenolic OH excluding ortho intramolecular Hbond substituents is 1. The Labute approximate surface area is 87.1 Å². The van der Waals surface area contributed by atoms with Crippen molar-refractivity contribution in [3.63, 3.8) is 0 Å². The highest BCUT2D eigenvalue weighted by molar-refractivity contribution is 7.99. The zero-order chi connectivity index (χ0) is 10.4. The molecule has 0 aliphatic rings. The summed E-state index contributed by atoms with van der Waals surface area (Å²) in [5.74, 6) is 0.732. The Kier molecular flexibility index (Phi) is 4.32. The number of thioether (sulfide) groups is 1. The molecule has 0 radical (unpaired) electrons. The molecule has 0 saturated carbocycles. The first kappa shape index (κ1) is 10.9. The van der Waals surface area contributed by atoms with Gasteiger partial charge in [0.25, 0.3) is 0 Å². The van der Waals surface area contributed by atoms with Crippen molar-refractivity contribution in [3.05, 3.63) is 24.3 Å². The van der Waals surface area contributed by atoms with Crippen LogP contribution in [-0.4, -0.2) is 23.4 Å². The Morgan fingerprint density at radius 2 is 2.07 bits per heavy atom. The number of esters is 1. The number of hydrogen-bond donors (Lipinski definition) is 1. The van der Waals surface area contributed by atoms with Gasteiger partial charge in [0, 0.05) is 17.6 Å². The van der Waals surface area contributed by atoms with Crippen molar-refractivity contribution in [1.29, 1.82) is 0 Å². The van der Waals surface area contributed by atoms with Crippen LogP contribution in [-0.2, 0) is 9.53 Å². The minimum Gasteiger partial charge on any atom is -0.508 e. The van der Waals surface area contributed by atoms with E-state index in [9.17, 15) is 4.79 Å². The molecule has 0 heterocycles. The van der Waals surface area contributed by atoms with E-state index in [4.69, 9.17) is 9.84 Å². The smallest absolute Gasteiger partial charge is 0.302 e. The molecule has 1 N–H and O–H groups in total. The van der Waals surface area contributed by atoms with Crippen LogP contribution >= 0.6 is 11.8 Å². The van der Waals surface area contributed by atoms with Gasteiger partial charge in [0.05, 0.1) is 0 Å². The molecule has 3 nitrogen and oxygen atoms in total. The second-order valence-electron chi connectivity index (χ2n) is 2.68. The number of hydrogen-bond acceptors (Lipinski definition) is 4. The van der Waals surface area contributed by atoms with Crippen molar-refractivity contribution in [2.45, 2.75) is 11.8 Å². The van der Waals surface area contributed by atoms with E-state index in [-0.39, 0.29) is 11.7 Å².